The Labute approximate surface area is 192 Å². The quantitative estimate of drug-likeness (QED) is 0.526. The highest BCUT2D eigenvalue weighted by molar-refractivity contribution is 7.71. The molecule has 1 amide bonds. The first-order valence-corrected chi connectivity index (χ1v) is 10.5. The number of halogens is 1. The third-order valence-corrected chi connectivity index (χ3v) is 5.18. The normalized spacial score (nSPS) is 11.8. The highest BCUT2D eigenvalue weighted by Crippen LogP contribution is 2.14. The third kappa shape index (κ3) is 6.40. The maximum Gasteiger partial charge on any atom is 0.410 e. The number of nitriles is 1. The standard InChI is InChI=1S/C22H29FN6O2S/c1-22(2,3)31-21(30)29(14-15-7-9-16(23)10-8-15)12-6-11-26-19-17(13-24)18(25)27(4)20(32)28(19)5/h7-10H,6,11-12,14,25H2,1-5H3. The SMILES string of the molecule is Cn1c(N)c(C#N)c(=NCCCN(Cc2ccc(F)cc2)C(=O)OC(C)(C)C)n(C)c1=S. The van der Waals surface area contributed by atoms with Crippen molar-refractivity contribution < 1.29 is 13.9 Å². The van der Waals surface area contributed by atoms with E-state index < -0.39 is 11.7 Å². The van der Waals surface area contributed by atoms with E-state index in [1.807, 2.05) is 0 Å². The van der Waals surface area contributed by atoms with Gasteiger partial charge in [-0.15, -0.1) is 0 Å². The van der Waals surface area contributed by atoms with E-state index in [1.165, 1.54) is 12.1 Å². The molecule has 0 fully saturated rings. The van der Waals surface area contributed by atoms with E-state index >= 15 is 0 Å². The van der Waals surface area contributed by atoms with Gasteiger partial charge >= 0.3 is 6.09 Å². The summed E-state index contributed by atoms with van der Waals surface area (Å²) in [5.41, 5.74) is 6.80. The number of ether oxygens (including phenoxy) is 1. The predicted molar refractivity (Wildman–Crippen MR) is 122 cm³/mol. The van der Waals surface area contributed by atoms with Gasteiger partial charge in [0.1, 0.15) is 28.9 Å². The van der Waals surface area contributed by atoms with Crippen LogP contribution in [0.4, 0.5) is 15.0 Å². The summed E-state index contributed by atoms with van der Waals surface area (Å²) in [6, 6.07) is 8.06. The van der Waals surface area contributed by atoms with E-state index in [-0.39, 0.29) is 23.7 Å². The Morgan fingerprint density at radius 1 is 1.28 bits per heavy atom. The van der Waals surface area contributed by atoms with Gasteiger partial charge in [0.2, 0.25) is 0 Å². The smallest absolute Gasteiger partial charge is 0.410 e. The molecule has 8 nitrogen and oxygen atoms in total. The zero-order valence-corrected chi connectivity index (χ0v) is 19.9. The fourth-order valence-corrected chi connectivity index (χ4v) is 3.16. The molecule has 1 aromatic carbocycles. The monoisotopic (exact) mass is 460 g/mol. The number of nitrogens with two attached hydrogens (primary N) is 1. The molecule has 1 heterocycles. The van der Waals surface area contributed by atoms with Crippen molar-refractivity contribution in [2.45, 2.75) is 39.3 Å². The van der Waals surface area contributed by atoms with Crippen molar-refractivity contribution in [3.63, 3.8) is 0 Å². The van der Waals surface area contributed by atoms with Gasteiger partial charge in [-0.05, 0) is 57.1 Å². The van der Waals surface area contributed by atoms with Crippen LogP contribution < -0.4 is 11.2 Å². The number of aromatic nitrogens is 2. The average molecular weight is 461 g/mol. The van der Waals surface area contributed by atoms with E-state index in [2.05, 4.69) is 11.1 Å². The van der Waals surface area contributed by atoms with E-state index in [1.54, 1.807) is 61.0 Å². The van der Waals surface area contributed by atoms with Gasteiger partial charge in [-0.2, -0.15) is 5.26 Å². The molecule has 0 atom stereocenters. The summed E-state index contributed by atoms with van der Waals surface area (Å²) in [7, 11) is 3.42. The van der Waals surface area contributed by atoms with Crippen LogP contribution in [0.15, 0.2) is 29.3 Å². The summed E-state index contributed by atoms with van der Waals surface area (Å²) in [5, 5.41) is 9.50. The number of carbonyl (C=O) groups excluding carboxylic acids is 1. The van der Waals surface area contributed by atoms with Gasteiger partial charge in [-0.1, -0.05) is 12.1 Å². The van der Waals surface area contributed by atoms with Crippen molar-refractivity contribution >= 4 is 24.1 Å². The van der Waals surface area contributed by atoms with E-state index in [4.69, 9.17) is 22.7 Å². The largest absolute Gasteiger partial charge is 0.444 e. The summed E-state index contributed by atoms with van der Waals surface area (Å²) in [4.78, 5) is 18.8. The van der Waals surface area contributed by atoms with E-state index in [0.29, 0.717) is 29.8 Å². The number of nitrogen functional groups attached to an aromatic ring is 1. The molecule has 0 aliphatic rings. The zero-order valence-electron chi connectivity index (χ0n) is 19.1. The maximum atomic E-state index is 13.2. The van der Waals surface area contributed by atoms with Crippen molar-refractivity contribution in [1.29, 1.82) is 5.26 Å². The van der Waals surface area contributed by atoms with Gasteiger partial charge in [0, 0.05) is 33.7 Å². The Morgan fingerprint density at radius 3 is 2.47 bits per heavy atom. The molecule has 0 spiro atoms. The molecule has 32 heavy (non-hydrogen) atoms. The molecular weight excluding hydrogens is 431 g/mol. The van der Waals surface area contributed by atoms with Crippen LogP contribution in [0.5, 0.6) is 0 Å². The molecule has 2 aromatic rings. The van der Waals surface area contributed by atoms with Crippen molar-refractivity contribution in [2.75, 3.05) is 18.8 Å². The Hall–Kier alpha value is -3.19. The molecule has 2 rings (SSSR count). The topological polar surface area (TPSA) is 102 Å². The molecule has 1 aromatic heterocycles. The number of rotatable bonds is 6. The van der Waals surface area contributed by atoms with Crippen LogP contribution in [0.25, 0.3) is 0 Å². The van der Waals surface area contributed by atoms with Gasteiger partial charge in [-0.25, -0.2) is 9.18 Å². The number of amides is 1. The predicted octanol–water partition coefficient (Wildman–Crippen LogP) is 3.41. The van der Waals surface area contributed by atoms with E-state index in [0.717, 1.165) is 5.56 Å². The molecule has 0 aliphatic heterocycles. The van der Waals surface area contributed by atoms with Crippen molar-refractivity contribution in [1.82, 2.24) is 14.0 Å². The first-order chi connectivity index (χ1) is 14.9. The first-order valence-electron chi connectivity index (χ1n) is 10.1. The van der Waals surface area contributed by atoms with Crippen LogP contribution in [0.3, 0.4) is 0 Å². The molecule has 0 saturated heterocycles. The number of nitrogens with zero attached hydrogens (tertiary/aromatic N) is 5. The Morgan fingerprint density at radius 2 is 1.91 bits per heavy atom. The summed E-state index contributed by atoms with van der Waals surface area (Å²) in [6.45, 7) is 6.37. The summed E-state index contributed by atoms with van der Waals surface area (Å²) in [5.74, 6) is -0.0878. The molecule has 0 bridgehead atoms. The maximum absolute atomic E-state index is 13.2. The van der Waals surface area contributed by atoms with Crippen molar-refractivity contribution in [2.24, 2.45) is 19.1 Å². The second kappa shape index (κ2) is 10.4. The number of carbonyl (C=O) groups is 1. The van der Waals surface area contributed by atoms with Gasteiger partial charge < -0.3 is 24.5 Å². The average Bonchev–Trinajstić information content (AvgIpc) is 2.72. The molecular formula is C22H29FN6O2S. The third-order valence-electron chi connectivity index (χ3n) is 4.63. The molecule has 0 aliphatic carbocycles. The number of benzene rings is 1. The summed E-state index contributed by atoms with van der Waals surface area (Å²) in [6.07, 6.45) is 0.0489. The molecule has 0 saturated carbocycles. The minimum absolute atomic E-state index is 0.249. The van der Waals surface area contributed by atoms with Crippen LogP contribution in [-0.4, -0.2) is 38.8 Å². The summed E-state index contributed by atoms with van der Waals surface area (Å²) < 4.78 is 22.4. The minimum atomic E-state index is -0.644. The van der Waals surface area contributed by atoms with Crippen molar-refractivity contribution in [3.05, 3.63) is 51.5 Å². The minimum Gasteiger partial charge on any atom is -0.444 e. The van der Waals surface area contributed by atoms with Crippen molar-refractivity contribution in [3.8, 4) is 6.07 Å². The Bertz CT molecular complexity index is 1140. The molecule has 10 heteroatoms. The van der Waals surface area contributed by atoms with Crippen LogP contribution in [0.1, 0.15) is 38.3 Å². The molecule has 172 valence electrons. The number of hydrogen-bond donors (Lipinski definition) is 1. The van der Waals surface area contributed by atoms with Gasteiger partial charge in [0.25, 0.3) is 0 Å². The van der Waals surface area contributed by atoms with Gasteiger partial charge in [-0.3, -0.25) is 4.99 Å². The van der Waals surface area contributed by atoms with Crippen LogP contribution in [0, 0.1) is 21.9 Å². The van der Waals surface area contributed by atoms with Crippen LogP contribution in [0.2, 0.25) is 0 Å². The van der Waals surface area contributed by atoms with Crippen LogP contribution in [-0.2, 0) is 25.4 Å². The lowest BCUT2D eigenvalue weighted by Gasteiger charge is -2.27. The Balaban J connectivity index is 2.21. The fourth-order valence-electron chi connectivity index (χ4n) is 2.98. The summed E-state index contributed by atoms with van der Waals surface area (Å²) >= 11 is 5.34. The lowest BCUT2D eigenvalue weighted by atomic mass is 10.2. The molecule has 2 N–H and O–H groups in total. The zero-order chi connectivity index (χ0) is 24.1. The van der Waals surface area contributed by atoms with Gasteiger partial charge in [0.05, 0.1) is 0 Å². The molecule has 0 radical (unpaired) electrons. The molecule has 0 unspecified atom stereocenters. The first kappa shape index (κ1) is 25.1. The van der Waals surface area contributed by atoms with E-state index in [9.17, 15) is 14.4 Å². The highest BCUT2D eigenvalue weighted by atomic mass is 32.1. The Kier molecular flexibility index (Phi) is 8.16. The lowest BCUT2D eigenvalue weighted by Crippen LogP contribution is -2.37. The second-order valence-electron chi connectivity index (χ2n) is 8.36. The van der Waals surface area contributed by atoms with Crippen LogP contribution >= 0.6 is 12.2 Å². The lowest BCUT2D eigenvalue weighted by molar-refractivity contribution is 0.0232. The second-order valence-corrected chi connectivity index (χ2v) is 8.73. The fraction of sp³-hybridized carbons (Fsp3) is 0.455. The number of anilines is 1. The number of hydrogen-bond acceptors (Lipinski definition) is 6. The van der Waals surface area contributed by atoms with Gasteiger partial charge in [0.15, 0.2) is 10.3 Å². The highest BCUT2D eigenvalue weighted by Gasteiger charge is 2.22.